The van der Waals surface area contributed by atoms with Crippen LogP contribution in [0.1, 0.15) is 11.1 Å². The lowest BCUT2D eigenvalue weighted by molar-refractivity contribution is 0.478. The Morgan fingerprint density at radius 2 is 1.68 bits per heavy atom. The summed E-state index contributed by atoms with van der Waals surface area (Å²) < 4.78 is 36.4. The number of nitrogens with one attached hydrogen (secondary N) is 1. The summed E-state index contributed by atoms with van der Waals surface area (Å²) in [6.07, 6.45) is 0. The maximum absolute atomic E-state index is 11.0. The van der Waals surface area contributed by atoms with Gasteiger partial charge >= 0.3 is 0 Å². The van der Waals surface area contributed by atoms with Gasteiger partial charge in [-0.15, -0.1) is 0 Å². The molecule has 8 heteroatoms. The molecule has 7 nitrogen and oxygen atoms in total. The zero-order valence-corrected chi connectivity index (χ0v) is 12.0. The smallest absolute Gasteiger partial charge is 0.294 e. The Labute approximate surface area is 126 Å². The average Bonchev–Trinajstić information content (AvgIpc) is 2.73. The highest BCUT2D eigenvalue weighted by atomic mass is 32.2. The van der Waals surface area contributed by atoms with E-state index < -0.39 is 10.1 Å². The quantitative estimate of drug-likeness (QED) is 0.744. The van der Waals surface area contributed by atoms with Crippen molar-refractivity contribution in [1.82, 2.24) is 0 Å². The van der Waals surface area contributed by atoms with Gasteiger partial charge in [-0.25, -0.2) is 4.99 Å². The van der Waals surface area contributed by atoms with Crippen LogP contribution in [0.15, 0.2) is 52.4 Å². The van der Waals surface area contributed by atoms with Gasteiger partial charge in [-0.3, -0.25) is 9.96 Å². The molecule has 3 rings (SSSR count). The minimum atomic E-state index is -4.23. The molecule has 0 amide bonds. The van der Waals surface area contributed by atoms with Crippen molar-refractivity contribution in [3.63, 3.8) is 0 Å². The molecule has 1 aliphatic heterocycles. The highest BCUT2D eigenvalue weighted by Gasteiger charge is 2.19. The van der Waals surface area contributed by atoms with Crippen molar-refractivity contribution in [2.75, 3.05) is 0 Å². The Morgan fingerprint density at radius 1 is 1.05 bits per heavy atom. The lowest BCUT2D eigenvalue weighted by atomic mass is 10.1. The minimum absolute atomic E-state index is 0.0691. The number of hydrogen-bond donors (Lipinski definition) is 3. The van der Waals surface area contributed by atoms with E-state index in [9.17, 15) is 8.42 Å². The van der Waals surface area contributed by atoms with Gasteiger partial charge in [0.25, 0.3) is 10.1 Å². The molecule has 0 saturated carbocycles. The van der Waals surface area contributed by atoms with E-state index in [0.717, 1.165) is 0 Å². The van der Waals surface area contributed by atoms with Crippen LogP contribution in [0.4, 0.5) is 0 Å². The van der Waals surface area contributed by atoms with Crippen LogP contribution in [-0.2, 0) is 10.1 Å². The Hall–Kier alpha value is -2.71. The molecule has 112 valence electrons. The number of hydrogen-bond acceptors (Lipinski definition) is 5. The van der Waals surface area contributed by atoms with Gasteiger partial charge in [0.05, 0.1) is 4.90 Å². The molecule has 0 aliphatic carbocycles. The van der Waals surface area contributed by atoms with Crippen LogP contribution in [-0.4, -0.2) is 24.6 Å². The van der Waals surface area contributed by atoms with E-state index in [4.69, 9.17) is 20.4 Å². The molecule has 0 saturated heterocycles. The van der Waals surface area contributed by atoms with Gasteiger partial charge in [0.1, 0.15) is 17.3 Å². The van der Waals surface area contributed by atoms with Crippen LogP contribution >= 0.6 is 0 Å². The first-order chi connectivity index (χ1) is 10.3. The Bertz CT molecular complexity index is 902. The molecule has 22 heavy (non-hydrogen) atoms. The third-order valence-corrected chi connectivity index (χ3v) is 3.98. The second kappa shape index (κ2) is 4.93. The lowest BCUT2D eigenvalue weighted by Gasteiger charge is -2.08. The van der Waals surface area contributed by atoms with Crippen molar-refractivity contribution in [2.24, 2.45) is 10.7 Å². The molecule has 0 unspecified atom stereocenters. The third kappa shape index (κ3) is 2.57. The maximum atomic E-state index is 11.0. The van der Waals surface area contributed by atoms with Crippen LogP contribution in [0.3, 0.4) is 0 Å². The van der Waals surface area contributed by atoms with Gasteiger partial charge < -0.3 is 10.5 Å². The zero-order chi connectivity index (χ0) is 15.9. The van der Waals surface area contributed by atoms with Crippen molar-refractivity contribution >= 4 is 21.8 Å². The molecule has 1 heterocycles. The van der Waals surface area contributed by atoms with Crippen LogP contribution in [0, 0.1) is 5.41 Å². The number of amidine groups is 2. The van der Waals surface area contributed by atoms with Crippen molar-refractivity contribution in [3.8, 4) is 11.5 Å². The van der Waals surface area contributed by atoms with E-state index in [2.05, 4.69) is 4.99 Å². The molecule has 0 aromatic heterocycles. The van der Waals surface area contributed by atoms with Gasteiger partial charge in [-0.05, 0) is 42.5 Å². The fourth-order valence-corrected chi connectivity index (χ4v) is 2.54. The Balaban J connectivity index is 1.86. The fraction of sp³-hybridized carbons (Fsp3) is 0. The van der Waals surface area contributed by atoms with Crippen LogP contribution in [0.25, 0.3) is 0 Å². The summed E-state index contributed by atoms with van der Waals surface area (Å²) in [6, 6.07) is 10.3. The molecule has 0 spiro atoms. The first-order valence-electron chi connectivity index (χ1n) is 6.17. The predicted molar refractivity (Wildman–Crippen MR) is 80.3 cm³/mol. The predicted octanol–water partition coefficient (Wildman–Crippen LogP) is 1.77. The monoisotopic (exact) mass is 317 g/mol. The standard InChI is InChI=1S/C14H11N3O4S/c15-13-11-6-3-9(7-12(11)14(16)17-13)21-8-1-4-10(5-2-8)22(18,19)20/h1-7H,(H3,15,16,17)(H,18,19,20). The molecule has 1 aliphatic rings. The fourth-order valence-electron chi connectivity index (χ4n) is 2.06. The van der Waals surface area contributed by atoms with Crippen molar-refractivity contribution in [3.05, 3.63) is 53.6 Å². The summed E-state index contributed by atoms with van der Waals surface area (Å²) in [6.45, 7) is 0. The van der Waals surface area contributed by atoms with Gasteiger partial charge in [-0.1, -0.05) is 0 Å². The van der Waals surface area contributed by atoms with E-state index >= 15 is 0 Å². The Kier molecular flexibility index (Phi) is 3.19. The highest BCUT2D eigenvalue weighted by Crippen LogP contribution is 2.27. The summed E-state index contributed by atoms with van der Waals surface area (Å²) in [4.78, 5) is 3.66. The molecular formula is C14H11N3O4S. The molecule has 2 aromatic carbocycles. The van der Waals surface area contributed by atoms with Crippen molar-refractivity contribution in [1.29, 1.82) is 5.41 Å². The van der Waals surface area contributed by atoms with Crippen LogP contribution < -0.4 is 10.5 Å². The number of benzene rings is 2. The molecule has 0 bridgehead atoms. The van der Waals surface area contributed by atoms with E-state index in [-0.39, 0.29) is 10.7 Å². The summed E-state index contributed by atoms with van der Waals surface area (Å²) in [5.74, 6) is 1.22. The van der Waals surface area contributed by atoms with Gasteiger partial charge in [0, 0.05) is 11.1 Å². The molecule has 0 atom stereocenters. The largest absolute Gasteiger partial charge is 0.457 e. The normalized spacial score (nSPS) is 13.7. The summed E-state index contributed by atoms with van der Waals surface area (Å²) in [5.41, 5.74) is 6.94. The average molecular weight is 317 g/mol. The van der Waals surface area contributed by atoms with E-state index in [1.807, 2.05) is 0 Å². The number of aliphatic imine (C=N–C) groups is 1. The van der Waals surface area contributed by atoms with E-state index in [0.29, 0.717) is 28.5 Å². The minimum Gasteiger partial charge on any atom is -0.457 e. The number of nitrogens with two attached hydrogens (primary N) is 1. The second-order valence-corrected chi connectivity index (χ2v) is 6.02. The maximum Gasteiger partial charge on any atom is 0.294 e. The van der Waals surface area contributed by atoms with Gasteiger partial charge in [0.2, 0.25) is 0 Å². The van der Waals surface area contributed by atoms with Gasteiger partial charge in [-0.2, -0.15) is 8.42 Å². The number of nitrogens with zero attached hydrogens (tertiary/aromatic N) is 1. The second-order valence-electron chi connectivity index (χ2n) is 4.60. The SMILES string of the molecule is N=C1N=C(N)c2ccc(Oc3ccc(S(=O)(=O)O)cc3)cc21. The van der Waals surface area contributed by atoms with Crippen LogP contribution in [0.2, 0.25) is 0 Å². The molecular weight excluding hydrogens is 306 g/mol. The topological polar surface area (TPSA) is 126 Å². The van der Waals surface area contributed by atoms with Crippen LogP contribution in [0.5, 0.6) is 11.5 Å². The lowest BCUT2D eigenvalue weighted by Crippen LogP contribution is -2.10. The summed E-state index contributed by atoms with van der Waals surface area (Å²) in [5, 5.41) is 7.72. The summed E-state index contributed by atoms with van der Waals surface area (Å²) in [7, 11) is -4.23. The Morgan fingerprint density at radius 3 is 2.32 bits per heavy atom. The first-order valence-corrected chi connectivity index (χ1v) is 7.61. The third-order valence-electron chi connectivity index (χ3n) is 3.11. The van der Waals surface area contributed by atoms with Crippen molar-refractivity contribution < 1.29 is 17.7 Å². The number of rotatable bonds is 3. The molecule has 0 fully saturated rings. The number of fused-ring (bicyclic) bond motifs is 1. The van der Waals surface area contributed by atoms with Gasteiger partial charge in [0.15, 0.2) is 5.84 Å². The highest BCUT2D eigenvalue weighted by molar-refractivity contribution is 7.85. The summed E-state index contributed by atoms with van der Waals surface area (Å²) >= 11 is 0. The molecule has 2 aromatic rings. The zero-order valence-electron chi connectivity index (χ0n) is 11.1. The van der Waals surface area contributed by atoms with Crippen molar-refractivity contribution in [2.45, 2.75) is 4.90 Å². The van der Waals surface area contributed by atoms with E-state index in [1.54, 1.807) is 18.2 Å². The first kappa shape index (κ1) is 14.2. The molecule has 4 N–H and O–H groups in total. The number of ether oxygens (including phenoxy) is 1. The molecule has 0 radical (unpaired) electrons. The van der Waals surface area contributed by atoms with E-state index in [1.165, 1.54) is 24.3 Å².